The molecule has 1 aliphatic rings. The summed E-state index contributed by atoms with van der Waals surface area (Å²) in [6.45, 7) is 4.26. The van der Waals surface area contributed by atoms with Crippen LogP contribution in [0, 0.1) is 0 Å². The molecule has 0 bridgehead atoms. The first kappa shape index (κ1) is 19.7. The van der Waals surface area contributed by atoms with Crippen molar-refractivity contribution < 1.29 is 0 Å². The minimum Gasteiger partial charge on any atom is -0.368 e. The van der Waals surface area contributed by atoms with E-state index in [9.17, 15) is 0 Å². The molecule has 0 radical (unpaired) electrons. The maximum Gasteiger partial charge on any atom is 0.220 e. The molecule has 1 aliphatic heterocycles. The number of pyridine rings is 1. The standard InChI is InChI=1S/C23H28N8/c1-2-3-4-17-10-21(30-23(24)29-17)20-13-27-22-19(20)9-15(11-26-22)16-12-28-31(14-16)18-5-7-25-8-6-18/h9-14,18,25H,2-8H2,1H3,(H,26,27)(H2,24,29,30). The molecule has 8 heteroatoms. The van der Waals surface area contributed by atoms with E-state index in [1.807, 2.05) is 24.7 Å². The first-order chi connectivity index (χ1) is 15.2. The summed E-state index contributed by atoms with van der Waals surface area (Å²) >= 11 is 0. The number of hydrogen-bond acceptors (Lipinski definition) is 6. The minimum atomic E-state index is 0.310. The van der Waals surface area contributed by atoms with Gasteiger partial charge in [-0.2, -0.15) is 5.10 Å². The number of nitrogens with one attached hydrogen (secondary N) is 2. The van der Waals surface area contributed by atoms with Crippen LogP contribution in [0.15, 0.2) is 36.9 Å². The van der Waals surface area contributed by atoms with Gasteiger partial charge >= 0.3 is 0 Å². The molecule has 4 aromatic rings. The molecular formula is C23H28N8. The van der Waals surface area contributed by atoms with Gasteiger partial charge in [0, 0.05) is 46.4 Å². The topological polar surface area (TPSA) is 110 Å². The molecule has 1 fully saturated rings. The van der Waals surface area contributed by atoms with E-state index in [0.717, 1.165) is 84.3 Å². The third-order valence-corrected chi connectivity index (χ3v) is 6.01. The van der Waals surface area contributed by atoms with Gasteiger partial charge in [-0.1, -0.05) is 13.3 Å². The lowest BCUT2D eigenvalue weighted by atomic mass is 10.1. The molecule has 1 saturated heterocycles. The normalized spacial score (nSPS) is 15.0. The lowest BCUT2D eigenvalue weighted by Crippen LogP contribution is -2.29. The number of aryl methyl sites for hydroxylation is 1. The van der Waals surface area contributed by atoms with E-state index in [1.165, 1.54) is 0 Å². The van der Waals surface area contributed by atoms with Gasteiger partial charge in [0.05, 0.1) is 17.9 Å². The van der Waals surface area contributed by atoms with Gasteiger partial charge in [0.15, 0.2) is 0 Å². The quantitative estimate of drug-likeness (QED) is 0.442. The summed E-state index contributed by atoms with van der Waals surface area (Å²) in [4.78, 5) is 16.8. The predicted molar refractivity (Wildman–Crippen MR) is 123 cm³/mol. The van der Waals surface area contributed by atoms with Crippen LogP contribution in [-0.2, 0) is 6.42 Å². The zero-order valence-corrected chi connectivity index (χ0v) is 17.8. The first-order valence-corrected chi connectivity index (χ1v) is 11.1. The molecule has 0 aromatic carbocycles. The molecule has 4 aromatic heterocycles. The predicted octanol–water partition coefficient (Wildman–Crippen LogP) is 3.73. The van der Waals surface area contributed by atoms with Gasteiger partial charge in [-0.15, -0.1) is 0 Å². The molecular weight excluding hydrogens is 388 g/mol. The van der Waals surface area contributed by atoms with Crippen molar-refractivity contribution in [3.8, 4) is 22.4 Å². The monoisotopic (exact) mass is 416 g/mol. The molecule has 31 heavy (non-hydrogen) atoms. The molecule has 0 spiro atoms. The molecule has 0 saturated carbocycles. The second kappa shape index (κ2) is 8.47. The SMILES string of the molecule is CCCCc1cc(-c2c[nH]c3ncc(-c4cnn(C5CCNCC5)c4)cc23)nc(N)n1. The van der Waals surface area contributed by atoms with Crippen LogP contribution in [0.2, 0.25) is 0 Å². The molecule has 5 heterocycles. The van der Waals surface area contributed by atoms with E-state index in [-0.39, 0.29) is 0 Å². The highest BCUT2D eigenvalue weighted by Crippen LogP contribution is 2.31. The highest BCUT2D eigenvalue weighted by molar-refractivity contribution is 5.95. The molecule has 5 rings (SSSR count). The summed E-state index contributed by atoms with van der Waals surface area (Å²) in [5, 5.41) is 9.06. The highest BCUT2D eigenvalue weighted by Gasteiger charge is 2.17. The molecule has 4 N–H and O–H groups in total. The van der Waals surface area contributed by atoms with E-state index >= 15 is 0 Å². The number of nitrogens with zero attached hydrogens (tertiary/aromatic N) is 5. The first-order valence-electron chi connectivity index (χ1n) is 11.1. The number of aromatic nitrogens is 6. The number of rotatable bonds is 6. The average molecular weight is 417 g/mol. The highest BCUT2D eigenvalue weighted by atomic mass is 15.3. The Morgan fingerprint density at radius 3 is 2.84 bits per heavy atom. The van der Waals surface area contributed by atoms with Crippen LogP contribution in [0.4, 0.5) is 5.95 Å². The fraction of sp³-hybridized carbons (Fsp3) is 0.391. The van der Waals surface area contributed by atoms with Crippen molar-refractivity contribution in [1.29, 1.82) is 0 Å². The molecule has 0 aliphatic carbocycles. The Labute approximate surface area is 181 Å². The summed E-state index contributed by atoms with van der Waals surface area (Å²) in [6, 6.07) is 4.65. The summed E-state index contributed by atoms with van der Waals surface area (Å²) in [7, 11) is 0. The van der Waals surface area contributed by atoms with Crippen LogP contribution >= 0.6 is 0 Å². The van der Waals surface area contributed by atoms with Crippen LogP contribution in [-0.4, -0.2) is 42.8 Å². The number of nitrogen functional groups attached to an aromatic ring is 1. The Kier molecular flexibility index (Phi) is 5.38. The maximum absolute atomic E-state index is 6.01. The minimum absolute atomic E-state index is 0.310. The fourth-order valence-electron chi connectivity index (χ4n) is 4.27. The third-order valence-electron chi connectivity index (χ3n) is 6.01. The van der Waals surface area contributed by atoms with Crippen molar-refractivity contribution in [2.24, 2.45) is 0 Å². The Bertz CT molecular complexity index is 1190. The fourth-order valence-corrected chi connectivity index (χ4v) is 4.27. The van der Waals surface area contributed by atoms with E-state index in [0.29, 0.717) is 12.0 Å². The largest absolute Gasteiger partial charge is 0.368 e. The molecule has 160 valence electrons. The lowest BCUT2D eigenvalue weighted by molar-refractivity contribution is 0.343. The molecule has 0 unspecified atom stereocenters. The van der Waals surface area contributed by atoms with Gasteiger partial charge in [0.1, 0.15) is 5.65 Å². The van der Waals surface area contributed by atoms with Crippen molar-refractivity contribution in [1.82, 2.24) is 35.0 Å². The van der Waals surface area contributed by atoms with Crippen LogP contribution in [0.25, 0.3) is 33.4 Å². The Morgan fingerprint density at radius 2 is 2.00 bits per heavy atom. The number of piperidine rings is 1. The van der Waals surface area contributed by atoms with Crippen molar-refractivity contribution in [2.75, 3.05) is 18.8 Å². The molecule has 0 atom stereocenters. The van der Waals surface area contributed by atoms with Gasteiger partial charge in [-0.3, -0.25) is 4.68 Å². The Hall–Kier alpha value is -3.26. The van der Waals surface area contributed by atoms with Crippen molar-refractivity contribution in [2.45, 2.75) is 45.1 Å². The van der Waals surface area contributed by atoms with Crippen LogP contribution in [0.1, 0.15) is 44.3 Å². The lowest BCUT2D eigenvalue weighted by Gasteiger charge is -2.22. The van der Waals surface area contributed by atoms with Crippen LogP contribution < -0.4 is 11.1 Å². The number of fused-ring (bicyclic) bond motifs is 1. The average Bonchev–Trinajstić information content (AvgIpc) is 3.45. The van der Waals surface area contributed by atoms with E-state index in [4.69, 9.17) is 5.73 Å². The molecule has 8 nitrogen and oxygen atoms in total. The number of anilines is 1. The maximum atomic E-state index is 6.01. The summed E-state index contributed by atoms with van der Waals surface area (Å²) in [5.41, 5.74) is 11.8. The number of aromatic amines is 1. The Balaban J connectivity index is 1.49. The van der Waals surface area contributed by atoms with Crippen LogP contribution in [0.3, 0.4) is 0 Å². The number of nitrogens with two attached hydrogens (primary N) is 1. The van der Waals surface area contributed by atoms with Crippen molar-refractivity contribution in [3.05, 3.63) is 42.6 Å². The van der Waals surface area contributed by atoms with Gasteiger partial charge < -0.3 is 16.0 Å². The van der Waals surface area contributed by atoms with E-state index in [1.54, 1.807) is 0 Å². The van der Waals surface area contributed by atoms with E-state index < -0.39 is 0 Å². The van der Waals surface area contributed by atoms with Crippen LogP contribution in [0.5, 0.6) is 0 Å². The van der Waals surface area contributed by atoms with Gasteiger partial charge in [0.2, 0.25) is 5.95 Å². The van der Waals surface area contributed by atoms with Crippen molar-refractivity contribution in [3.63, 3.8) is 0 Å². The summed E-state index contributed by atoms with van der Waals surface area (Å²) in [6.07, 6.45) is 13.2. The second-order valence-electron chi connectivity index (χ2n) is 8.22. The number of unbranched alkanes of at least 4 members (excludes halogenated alkanes) is 1. The Morgan fingerprint density at radius 1 is 1.13 bits per heavy atom. The zero-order chi connectivity index (χ0) is 21.2. The van der Waals surface area contributed by atoms with Gasteiger partial charge in [0.25, 0.3) is 0 Å². The zero-order valence-electron chi connectivity index (χ0n) is 17.8. The number of hydrogen-bond donors (Lipinski definition) is 3. The van der Waals surface area contributed by atoms with Gasteiger partial charge in [-0.25, -0.2) is 15.0 Å². The third kappa shape index (κ3) is 4.03. The number of H-pyrrole nitrogens is 1. The van der Waals surface area contributed by atoms with Crippen molar-refractivity contribution >= 4 is 17.0 Å². The summed E-state index contributed by atoms with van der Waals surface area (Å²) in [5.74, 6) is 0.310. The van der Waals surface area contributed by atoms with Gasteiger partial charge in [-0.05, 0) is 50.9 Å². The summed E-state index contributed by atoms with van der Waals surface area (Å²) < 4.78 is 2.10. The van der Waals surface area contributed by atoms with E-state index in [2.05, 4.69) is 54.2 Å². The molecule has 0 amide bonds. The smallest absolute Gasteiger partial charge is 0.220 e. The second-order valence-corrected chi connectivity index (χ2v) is 8.22.